The maximum atomic E-state index is 13.3. The quantitative estimate of drug-likeness (QED) is 0.130. The summed E-state index contributed by atoms with van der Waals surface area (Å²) >= 11 is 0. The molecule has 0 atom stereocenters. The third-order valence-electron chi connectivity index (χ3n) is 6.95. The SMILES string of the molecule is CCCCCCCCCCCC(=O)c1c(C(=O)O)n(CCOc2ccc(C(=O)O)c(OC)c2)c2ccccc12. The molecule has 0 fully saturated rings. The van der Waals surface area contributed by atoms with Crippen molar-refractivity contribution in [3.05, 3.63) is 59.3 Å². The zero-order valence-electron chi connectivity index (χ0n) is 22.9. The smallest absolute Gasteiger partial charge is 0.353 e. The van der Waals surface area contributed by atoms with Crippen LogP contribution in [0.4, 0.5) is 0 Å². The van der Waals surface area contributed by atoms with E-state index in [0.717, 1.165) is 19.3 Å². The molecule has 3 aromatic rings. The van der Waals surface area contributed by atoms with Crippen molar-refractivity contribution in [2.45, 2.75) is 77.7 Å². The maximum Gasteiger partial charge on any atom is 0.353 e. The maximum absolute atomic E-state index is 13.3. The second-order valence-electron chi connectivity index (χ2n) is 9.71. The standard InChI is InChI=1S/C31H39NO7/c1-3-4-5-6-7-8-9-10-11-16-26(33)28-23-14-12-13-15-25(23)32(29(28)31(36)37)19-20-39-22-17-18-24(30(34)35)27(21-22)38-2/h12-15,17-18,21H,3-11,16,19-20H2,1-2H3,(H,34,35)(H,36,37). The van der Waals surface area contributed by atoms with Crippen molar-refractivity contribution in [2.75, 3.05) is 13.7 Å². The number of carbonyl (C=O) groups excluding carboxylic acids is 1. The summed E-state index contributed by atoms with van der Waals surface area (Å²) < 4.78 is 12.6. The van der Waals surface area contributed by atoms with Crippen molar-refractivity contribution in [3.63, 3.8) is 0 Å². The Morgan fingerprint density at radius 2 is 1.51 bits per heavy atom. The molecule has 210 valence electrons. The van der Waals surface area contributed by atoms with Crippen LogP contribution in [0.3, 0.4) is 0 Å². The molecule has 0 unspecified atom stereocenters. The summed E-state index contributed by atoms with van der Waals surface area (Å²) in [7, 11) is 1.38. The van der Waals surface area contributed by atoms with Crippen LogP contribution < -0.4 is 9.47 Å². The van der Waals surface area contributed by atoms with Gasteiger partial charge in [0.25, 0.3) is 0 Å². The van der Waals surface area contributed by atoms with Crippen molar-refractivity contribution in [1.29, 1.82) is 0 Å². The Morgan fingerprint density at radius 3 is 2.15 bits per heavy atom. The number of carboxylic acids is 2. The molecule has 0 spiro atoms. The minimum Gasteiger partial charge on any atom is -0.496 e. The van der Waals surface area contributed by atoms with Gasteiger partial charge in [0.15, 0.2) is 5.78 Å². The minimum atomic E-state index is -1.16. The molecule has 2 aromatic carbocycles. The van der Waals surface area contributed by atoms with Crippen LogP contribution >= 0.6 is 0 Å². The summed E-state index contributed by atoms with van der Waals surface area (Å²) in [5.74, 6) is -1.86. The molecule has 0 saturated carbocycles. The number of para-hydroxylation sites is 1. The van der Waals surface area contributed by atoms with Gasteiger partial charge in [-0.3, -0.25) is 4.79 Å². The summed E-state index contributed by atoms with van der Waals surface area (Å²) in [4.78, 5) is 37.0. The van der Waals surface area contributed by atoms with Crippen LogP contribution in [-0.2, 0) is 6.54 Å². The van der Waals surface area contributed by atoms with Gasteiger partial charge >= 0.3 is 11.9 Å². The highest BCUT2D eigenvalue weighted by Crippen LogP contribution is 2.29. The lowest BCUT2D eigenvalue weighted by atomic mass is 10.0. The average Bonchev–Trinajstić information content (AvgIpc) is 3.26. The molecule has 2 N–H and O–H groups in total. The zero-order chi connectivity index (χ0) is 28.2. The van der Waals surface area contributed by atoms with Gasteiger partial charge in [-0.15, -0.1) is 0 Å². The van der Waals surface area contributed by atoms with Crippen LogP contribution in [0.15, 0.2) is 42.5 Å². The lowest BCUT2D eigenvalue weighted by molar-refractivity contribution is 0.0674. The third kappa shape index (κ3) is 7.85. The number of hydrogen-bond acceptors (Lipinski definition) is 5. The molecular formula is C31H39NO7. The number of carboxylic acid groups (broad SMARTS) is 2. The van der Waals surface area contributed by atoms with Crippen LogP contribution in [0.5, 0.6) is 11.5 Å². The van der Waals surface area contributed by atoms with E-state index in [1.54, 1.807) is 16.7 Å². The Kier molecular flexibility index (Phi) is 11.4. The van der Waals surface area contributed by atoms with Crippen LogP contribution in [0.2, 0.25) is 0 Å². The van der Waals surface area contributed by atoms with E-state index in [4.69, 9.17) is 9.47 Å². The zero-order valence-corrected chi connectivity index (χ0v) is 22.9. The van der Waals surface area contributed by atoms with E-state index in [1.807, 2.05) is 12.1 Å². The molecule has 39 heavy (non-hydrogen) atoms. The molecule has 1 heterocycles. The first-order chi connectivity index (χ1) is 18.9. The van der Waals surface area contributed by atoms with E-state index in [1.165, 1.54) is 63.8 Å². The first kappa shape index (κ1) is 29.7. The Morgan fingerprint density at radius 1 is 0.846 bits per heavy atom. The highest BCUT2D eigenvalue weighted by Gasteiger charge is 2.26. The molecule has 8 heteroatoms. The summed E-state index contributed by atoms with van der Waals surface area (Å²) in [6.07, 6.45) is 10.6. The Labute approximate surface area is 229 Å². The molecule has 0 bridgehead atoms. The van der Waals surface area contributed by atoms with Gasteiger partial charge in [0.1, 0.15) is 29.4 Å². The summed E-state index contributed by atoms with van der Waals surface area (Å²) in [5, 5.41) is 20.0. The van der Waals surface area contributed by atoms with Crippen molar-refractivity contribution < 1.29 is 34.1 Å². The molecule has 0 radical (unpaired) electrons. The highest BCUT2D eigenvalue weighted by atomic mass is 16.5. The second-order valence-corrected chi connectivity index (χ2v) is 9.71. The van der Waals surface area contributed by atoms with Gasteiger partial charge in [-0.2, -0.15) is 0 Å². The first-order valence-corrected chi connectivity index (χ1v) is 13.8. The number of ether oxygens (including phenoxy) is 2. The van der Waals surface area contributed by atoms with Gasteiger partial charge in [-0.1, -0.05) is 76.5 Å². The highest BCUT2D eigenvalue weighted by molar-refractivity contribution is 6.15. The van der Waals surface area contributed by atoms with Gasteiger partial charge in [0.2, 0.25) is 0 Å². The van der Waals surface area contributed by atoms with E-state index < -0.39 is 11.9 Å². The van der Waals surface area contributed by atoms with Crippen molar-refractivity contribution in [3.8, 4) is 11.5 Å². The lowest BCUT2D eigenvalue weighted by Gasteiger charge is -2.12. The van der Waals surface area contributed by atoms with Gasteiger partial charge in [-0.25, -0.2) is 9.59 Å². The topological polar surface area (TPSA) is 115 Å². The Bertz CT molecular complexity index is 1280. The second kappa shape index (κ2) is 15.0. The van der Waals surface area contributed by atoms with Gasteiger partial charge < -0.3 is 24.3 Å². The molecule has 0 aliphatic rings. The molecular weight excluding hydrogens is 498 g/mol. The van der Waals surface area contributed by atoms with E-state index in [2.05, 4.69) is 6.92 Å². The first-order valence-electron chi connectivity index (χ1n) is 13.8. The molecule has 3 rings (SSSR count). The Balaban J connectivity index is 1.69. The molecule has 0 aliphatic heterocycles. The van der Waals surface area contributed by atoms with Crippen molar-refractivity contribution in [2.24, 2.45) is 0 Å². The minimum absolute atomic E-state index is 0.0181. The van der Waals surface area contributed by atoms with Crippen LogP contribution in [0.25, 0.3) is 10.9 Å². The number of Topliss-reactive ketones (excluding diaryl/α,β-unsaturated/α-hetero) is 1. The number of unbranched alkanes of at least 4 members (excludes halogenated alkanes) is 8. The molecule has 0 saturated heterocycles. The van der Waals surface area contributed by atoms with Crippen LogP contribution in [0, 0.1) is 0 Å². The fourth-order valence-electron chi connectivity index (χ4n) is 4.95. The fraction of sp³-hybridized carbons (Fsp3) is 0.452. The fourth-order valence-corrected chi connectivity index (χ4v) is 4.95. The predicted molar refractivity (Wildman–Crippen MR) is 151 cm³/mol. The lowest BCUT2D eigenvalue weighted by Crippen LogP contribution is -2.16. The van der Waals surface area contributed by atoms with E-state index in [-0.39, 0.29) is 41.5 Å². The number of rotatable bonds is 18. The third-order valence-corrected chi connectivity index (χ3v) is 6.95. The molecule has 0 aliphatic carbocycles. The molecule has 0 amide bonds. The number of aromatic carboxylic acids is 2. The van der Waals surface area contributed by atoms with E-state index >= 15 is 0 Å². The molecule has 8 nitrogen and oxygen atoms in total. The average molecular weight is 538 g/mol. The number of benzene rings is 2. The summed E-state index contributed by atoms with van der Waals surface area (Å²) in [5.41, 5.74) is 0.905. The number of ketones is 1. The van der Waals surface area contributed by atoms with Crippen molar-refractivity contribution in [1.82, 2.24) is 4.57 Å². The monoisotopic (exact) mass is 537 g/mol. The summed E-state index contributed by atoms with van der Waals surface area (Å²) in [6, 6.07) is 11.6. The van der Waals surface area contributed by atoms with Gasteiger partial charge in [-0.05, 0) is 24.6 Å². The predicted octanol–water partition coefficient (Wildman–Crippen LogP) is 7.23. The van der Waals surface area contributed by atoms with E-state index in [0.29, 0.717) is 23.1 Å². The number of nitrogens with zero attached hydrogens (tertiary/aromatic N) is 1. The number of carbonyl (C=O) groups is 3. The normalized spacial score (nSPS) is 11.0. The van der Waals surface area contributed by atoms with Gasteiger partial charge in [0.05, 0.1) is 19.2 Å². The Hall–Kier alpha value is -3.81. The summed E-state index contributed by atoms with van der Waals surface area (Å²) in [6.45, 7) is 2.51. The number of hydrogen-bond donors (Lipinski definition) is 2. The van der Waals surface area contributed by atoms with E-state index in [9.17, 15) is 24.6 Å². The van der Waals surface area contributed by atoms with Crippen LogP contribution in [-0.4, -0.2) is 46.2 Å². The number of aromatic nitrogens is 1. The molecule has 1 aromatic heterocycles. The van der Waals surface area contributed by atoms with Gasteiger partial charge in [0, 0.05) is 23.4 Å². The van der Waals surface area contributed by atoms with Crippen LogP contribution in [0.1, 0.15) is 102 Å². The number of methoxy groups -OCH3 is 1. The van der Waals surface area contributed by atoms with Crippen molar-refractivity contribution >= 4 is 28.6 Å². The number of fused-ring (bicyclic) bond motifs is 1. The largest absolute Gasteiger partial charge is 0.496 e.